The minimum Gasteiger partial charge on any atom is -0.310 e. The van der Waals surface area contributed by atoms with Gasteiger partial charge in [0, 0.05) is 22.9 Å². The molecular formula is C19H23BrClN5. The van der Waals surface area contributed by atoms with E-state index in [2.05, 4.69) is 75.0 Å². The summed E-state index contributed by atoms with van der Waals surface area (Å²) in [7, 11) is 0. The molecule has 1 N–H and O–H groups in total. The van der Waals surface area contributed by atoms with Gasteiger partial charge in [-0.25, -0.2) is 9.97 Å². The van der Waals surface area contributed by atoms with Gasteiger partial charge in [-0.3, -0.25) is 5.10 Å². The van der Waals surface area contributed by atoms with E-state index in [9.17, 15) is 0 Å². The molecule has 3 aromatic rings. The summed E-state index contributed by atoms with van der Waals surface area (Å²) in [4.78, 5) is 11.5. The lowest BCUT2D eigenvalue weighted by Gasteiger charge is -2.23. The molecule has 0 bridgehead atoms. The molecule has 3 rings (SSSR count). The molecule has 0 fully saturated rings. The number of aromatic amines is 1. The highest BCUT2D eigenvalue weighted by atomic mass is 79.9. The van der Waals surface area contributed by atoms with Crippen LogP contribution in [0.2, 0.25) is 0 Å². The van der Waals surface area contributed by atoms with Gasteiger partial charge in [-0.15, -0.1) is 12.4 Å². The molecule has 0 saturated carbocycles. The highest BCUT2D eigenvalue weighted by molar-refractivity contribution is 9.10. The van der Waals surface area contributed by atoms with Gasteiger partial charge in [0.05, 0.1) is 17.1 Å². The monoisotopic (exact) mass is 435 g/mol. The van der Waals surface area contributed by atoms with Crippen LogP contribution in [0.1, 0.15) is 37.9 Å². The third-order valence-corrected chi connectivity index (χ3v) is 4.74. The van der Waals surface area contributed by atoms with E-state index in [0.29, 0.717) is 11.9 Å². The van der Waals surface area contributed by atoms with Crippen LogP contribution in [0.25, 0.3) is 11.4 Å². The molecule has 0 spiro atoms. The first-order valence-electron chi connectivity index (χ1n) is 8.42. The molecule has 1 aromatic carbocycles. The SMILES string of the molecule is CCN(c1nc(C)cc(-c2ccn[nH]2)n1)c1ccc(C(C)C)cc1Br.Cl. The molecule has 0 radical (unpaired) electrons. The summed E-state index contributed by atoms with van der Waals surface area (Å²) in [5.41, 5.74) is 5.01. The van der Waals surface area contributed by atoms with Gasteiger partial charge in [0.15, 0.2) is 0 Å². The van der Waals surface area contributed by atoms with Gasteiger partial charge in [-0.2, -0.15) is 5.10 Å². The Morgan fingerprint density at radius 2 is 1.92 bits per heavy atom. The molecule has 7 heteroatoms. The third-order valence-electron chi connectivity index (χ3n) is 4.11. The Hall–Kier alpha value is -1.92. The maximum absolute atomic E-state index is 4.74. The molecule has 0 aliphatic carbocycles. The van der Waals surface area contributed by atoms with Gasteiger partial charge in [0.25, 0.3) is 0 Å². The Balaban J connectivity index is 0.00000243. The number of hydrogen-bond acceptors (Lipinski definition) is 4. The highest BCUT2D eigenvalue weighted by Gasteiger charge is 2.16. The van der Waals surface area contributed by atoms with Crippen molar-refractivity contribution in [2.75, 3.05) is 11.4 Å². The van der Waals surface area contributed by atoms with Crippen LogP contribution in [-0.2, 0) is 0 Å². The average molecular weight is 437 g/mol. The Morgan fingerprint density at radius 1 is 1.15 bits per heavy atom. The van der Waals surface area contributed by atoms with Crippen LogP contribution < -0.4 is 4.90 Å². The van der Waals surface area contributed by atoms with Crippen molar-refractivity contribution in [2.45, 2.75) is 33.6 Å². The van der Waals surface area contributed by atoms with E-state index in [1.165, 1.54) is 5.56 Å². The van der Waals surface area contributed by atoms with Gasteiger partial charge in [-0.05, 0) is 65.5 Å². The van der Waals surface area contributed by atoms with Gasteiger partial charge >= 0.3 is 0 Å². The Bertz CT molecular complexity index is 864. The quantitative estimate of drug-likeness (QED) is 0.562. The predicted molar refractivity (Wildman–Crippen MR) is 113 cm³/mol. The summed E-state index contributed by atoms with van der Waals surface area (Å²) in [5, 5.41) is 6.98. The largest absolute Gasteiger partial charge is 0.310 e. The van der Waals surface area contributed by atoms with Gasteiger partial charge in [0.2, 0.25) is 5.95 Å². The number of aryl methyl sites for hydroxylation is 1. The average Bonchev–Trinajstić information content (AvgIpc) is 3.11. The number of H-pyrrole nitrogens is 1. The molecule has 0 unspecified atom stereocenters. The summed E-state index contributed by atoms with van der Waals surface area (Å²) in [6.45, 7) is 9.24. The number of benzene rings is 1. The van der Waals surface area contributed by atoms with Gasteiger partial charge in [0.1, 0.15) is 0 Å². The molecular weight excluding hydrogens is 414 g/mol. The van der Waals surface area contributed by atoms with Crippen LogP contribution in [0, 0.1) is 6.92 Å². The fraction of sp³-hybridized carbons (Fsp3) is 0.316. The summed E-state index contributed by atoms with van der Waals surface area (Å²) in [6, 6.07) is 10.3. The normalized spacial score (nSPS) is 10.7. The van der Waals surface area contributed by atoms with Gasteiger partial charge in [-0.1, -0.05) is 19.9 Å². The molecule has 0 atom stereocenters. The van der Waals surface area contributed by atoms with Crippen molar-refractivity contribution in [3.63, 3.8) is 0 Å². The second-order valence-corrected chi connectivity index (χ2v) is 7.13. The van der Waals surface area contributed by atoms with Crippen molar-refractivity contribution in [3.05, 3.63) is 52.3 Å². The maximum Gasteiger partial charge on any atom is 0.230 e. The second-order valence-electron chi connectivity index (χ2n) is 6.27. The first-order valence-corrected chi connectivity index (χ1v) is 9.21. The highest BCUT2D eigenvalue weighted by Crippen LogP contribution is 2.33. The number of anilines is 2. The zero-order valence-corrected chi connectivity index (χ0v) is 17.7. The molecule has 138 valence electrons. The lowest BCUT2D eigenvalue weighted by atomic mass is 10.0. The number of hydrogen-bond donors (Lipinski definition) is 1. The zero-order valence-electron chi connectivity index (χ0n) is 15.3. The van der Waals surface area contributed by atoms with Crippen molar-refractivity contribution in [3.8, 4) is 11.4 Å². The second kappa shape index (κ2) is 8.64. The van der Waals surface area contributed by atoms with Crippen LogP contribution in [0.4, 0.5) is 11.6 Å². The predicted octanol–water partition coefficient (Wildman–Crippen LogP) is 5.64. The first-order chi connectivity index (χ1) is 12.0. The summed E-state index contributed by atoms with van der Waals surface area (Å²) in [6.07, 6.45) is 1.73. The Labute approximate surface area is 168 Å². The van der Waals surface area contributed by atoms with Crippen molar-refractivity contribution in [2.24, 2.45) is 0 Å². The smallest absolute Gasteiger partial charge is 0.230 e. The lowest BCUT2D eigenvalue weighted by Crippen LogP contribution is -2.20. The van der Waals surface area contributed by atoms with Crippen molar-refractivity contribution >= 4 is 40.0 Å². The molecule has 2 aromatic heterocycles. The zero-order chi connectivity index (χ0) is 18.0. The number of halogens is 2. The van der Waals surface area contributed by atoms with E-state index in [4.69, 9.17) is 4.98 Å². The summed E-state index contributed by atoms with van der Waals surface area (Å²) >= 11 is 3.72. The Kier molecular flexibility index (Phi) is 6.78. The van der Waals surface area contributed by atoms with Crippen LogP contribution in [-0.4, -0.2) is 26.7 Å². The molecule has 0 saturated heterocycles. The van der Waals surface area contributed by atoms with Crippen LogP contribution >= 0.6 is 28.3 Å². The number of aromatic nitrogens is 4. The molecule has 0 aliphatic rings. The minimum atomic E-state index is 0. The first kappa shape index (κ1) is 20.4. The van der Waals surface area contributed by atoms with Crippen molar-refractivity contribution in [1.29, 1.82) is 0 Å². The molecule has 0 amide bonds. The standard InChI is InChI=1S/C19H22BrN5.ClH/c1-5-25(18-7-6-14(12(2)3)11-15(18)20)19-22-13(4)10-17(23-19)16-8-9-21-24-16;/h6-12H,5H2,1-4H3,(H,21,24);1H. The number of rotatable bonds is 5. The lowest BCUT2D eigenvalue weighted by molar-refractivity contribution is 0.863. The van der Waals surface area contributed by atoms with Crippen LogP contribution in [0.3, 0.4) is 0 Å². The fourth-order valence-corrected chi connectivity index (χ4v) is 3.34. The molecule has 5 nitrogen and oxygen atoms in total. The van der Waals surface area contributed by atoms with E-state index in [1.54, 1.807) is 6.20 Å². The van der Waals surface area contributed by atoms with E-state index < -0.39 is 0 Å². The van der Waals surface area contributed by atoms with E-state index in [-0.39, 0.29) is 12.4 Å². The number of nitrogens with one attached hydrogen (secondary N) is 1. The maximum atomic E-state index is 4.74. The van der Waals surface area contributed by atoms with Crippen molar-refractivity contribution in [1.82, 2.24) is 20.2 Å². The summed E-state index contributed by atoms with van der Waals surface area (Å²) in [5.74, 6) is 1.17. The van der Waals surface area contributed by atoms with Crippen LogP contribution in [0.5, 0.6) is 0 Å². The third kappa shape index (κ3) is 4.24. The molecule has 2 heterocycles. The van der Waals surface area contributed by atoms with Gasteiger partial charge < -0.3 is 4.90 Å². The fourth-order valence-electron chi connectivity index (χ4n) is 2.73. The number of nitrogens with zero attached hydrogens (tertiary/aromatic N) is 4. The van der Waals surface area contributed by atoms with E-state index in [0.717, 1.165) is 33.8 Å². The minimum absolute atomic E-state index is 0. The van der Waals surface area contributed by atoms with E-state index >= 15 is 0 Å². The summed E-state index contributed by atoms with van der Waals surface area (Å²) < 4.78 is 1.05. The topological polar surface area (TPSA) is 57.7 Å². The molecule has 26 heavy (non-hydrogen) atoms. The van der Waals surface area contributed by atoms with Crippen LogP contribution in [0.15, 0.2) is 41.0 Å². The molecule has 0 aliphatic heterocycles. The Morgan fingerprint density at radius 3 is 2.50 bits per heavy atom. The van der Waals surface area contributed by atoms with Crippen molar-refractivity contribution < 1.29 is 0 Å². The van der Waals surface area contributed by atoms with E-state index in [1.807, 2.05) is 19.1 Å².